The monoisotopic (exact) mass is 281 g/mol. The normalized spacial score (nSPS) is 21.4. The topological polar surface area (TPSA) is 21.3 Å². The standard InChI is InChI=1S/C19H23NO/c1-2-13-21-17-10-6-9-16(14-17)19-18(11-12-20-19)15-7-4-3-5-8-15/h3-10,14,18-20H,2,11-13H2,1H3. The van der Waals surface area contributed by atoms with Crippen molar-refractivity contribution in [2.24, 2.45) is 0 Å². The Kier molecular flexibility index (Phi) is 4.56. The van der Waals surface area contributed by atoms with Crippen LogP contribution in [0.1, 0.15) is 42.9 Å². The lowest BCUT2D eigenvalue weighted by Crippen LogP contribution is -2.17. The fraction of sp³-hybridized carbons (Fsp3) is 0.368. The summed E-state index contributed by atoms with van der Waals surface area (Å²) in [5.41, 5.74) is 2.75. The molecule has 0 aromatic heterocycles. The lowest BCUT2D eigenvalue weighted by molar-refractivity contribution is 0.316. The smallest absolute Gasteiger partial charge is 0.119 e. The average Bonchev–Trinajstić information content (AvgIpc) is 3.04. The molecular weight excluding hydrogens is 258 g/mol. The van der Waals surface area contributed by atoms with Gasteiger partial charge in [0.2, 0.25) is 0 Å². The van der Waals surface area contributed by atoms with Crippen LogP contribution in [-0.4, -0.2) is 13.2 Å². The summed E-state index contributed by atoms with van der Waals surface area (Å²) in [6, 6.07) is 19.7. The molecular formula is C19H23NO. The minimum Gasteiger partial charge on any atom is -0.494 e. The van der Waals surface area contributed by atoms with Crippen LogP contribution < -0.4 is 10.1 Å². The van der Waals surface area contributed by atoms with E-state index in [4.69, 9.17) is 4.74 Å². The van der Waals surface area contributed by atoms with E-state index in [1.165, 1.54) is 17.5 Å². The molecule has 21 heavy (non-hydrogen) atoms. The molecule has 1 aliphatic rings. The van der Waals surface area contributed by atoms with Crippen molar-refractivity contribution < 1.29 is 4.74 Å². The Balaban J connectivity index is 1.82. The number of ether oxygens (including phenoxy) is 1. The Morgan fingerprint density at radius 2 is 1.86 bits per heavy atom. The van der Waals surface area contributed by atoms with Crippen LogP contribution in [0.2, 0.25) is 0 Å². The van der Waals surface area contributed by atoms with E-state index >= 15 is 0 Å². The Morgan fingerprint density at radius 3 is 2.67 bits per heavy atom. The van der Waals surface area contributed by atoms with E-state index in [-0.39, 0.29) is 0 Å². The molecule has 0 saturated carbocycles. The van der Waals surface area contributed by atoms with Crippen molar-refractivity contribution in [1.82, 2.24) is 5.32 Å². The van der Waals surface area contributed by atoms with Gasteiger partial charge in [0, 0.05) is 12.0 Å². The van der Waals surface area contributed by atoms with Gasteiger partial charge >= 0.3 is 0 Å². The number of hydrogen-bond donors (Lipinski definition) is 1. The molecule has 0 bridgehead atoms. The molecule has 2 unspecified atom stereocenters. The zero-order valence-electron chi connectivity index (χ0n) is 12.6. The molecule has 1 fully saturated rings. The molecule has 2 aromatic rings. The molecule has 2 nitrogen and oxygen atoms in total. The van der Waals surface area contributed by atoms with Gasteiger partial charge in [-0.2, -0.15) is 0 Å². The van der Waals surface area contributed by atoms with Gasteiger partial charge in [0.05, 0.1) is 6.61 Å². The minimum absolute atomic E-state index is 0.387. The Morgan fingerprint density at radius 1 is 1.05 bits per heavy atom. The molecule has 1 N–H and O–H groups in total. The molecule has 0 radical (unpaired) electrons. The maximum Gasteiger partial charge on any atom is 0.119 e. The van der Waals surface area contributed by atoms with Gasteiger partial charge in [0.15, 0.2) is 0 Å². The van der Waals surface area contributed by atoms with Crippen molar-refractivity contribution in [3.63, 3.8) is 0 Å². The largest absolute Gasteiger partial charge is 0.494 e. The second-order valence-electron chi connectivity index (χ2n) is 5.66. The van der Waals surface area contributed by atoms with Crippen molar-refractivity contribution in [3.05, 3.63) is 65.7 Å². The maximum atomic E-state index is 5.77. The van der Waals surface area contributed by atoms with E-state index in [0.717, 1.165) is 25.3 Å². The Hall–Kier alpha value is -1.80. The van der Waals surface area contributed by atoms with E-state index in [1.807, 2.05) is 6.07 Å². The van der Waals surface area contributed by atoms with Crippen LogP contribution in [0, 0.1) is 0 Å². The zero-order chi connectivity index (χ0) is 14.5. The fourth-order valence-electron chi connectivity index (χ4n) is 3.13. The van der Waals surface area contributed by atoms with Crippen molar-refractivity contribution in [1.29, 1.82) is 0 Å². The van der Waals surface area contributed by atoms with E-state index < -0.39 is 0 Å². The summed E-state index contributed by atoms with van der Waals surface area (Å²) >= 11 is 0. The molecule has 110 valence electrons. The summed E-state index contributed by atoms with van der Waals surface area (Å²) in [7, 11) is 0. The van der Waals surface area contributed by atoms with Crippen LogP contribution in [0.25, 0.3) is 0 Å². The maximum absolute atomic E-state index is 5.77. The highest BCUT2D eigenvalue weighted by molar-refractivity contribution is 5.35. The van der Waals surface area contributed by atoms with Crippen molar-refractivity contribution in [3.8, 4) is 5.75 Å². The third kappa shape index (κ3) is 3.27. The number of benzene rings is 2. The van der Waals surface area contributed by atoms with Gasteiger partial charge in [-0.15, -0.1) is 0 Å². The van der Waals surface area contributed by atoms with Crippen molar-refractivity contribution in [2.45, 2.75) is 31.7 Å². The minimum atomic E-state index is 0.387. The van der Waals surface area contributed by atoms with Crippen LogP contribution in [0.4, 0.5) is 0 Å². The van der Waals surface area contributed by atoms with Gasteiger partial charge in [-0.25, -0.2) is 0 Å². The summed E-state index contributed by atoms with van der Waals surface area (Å²) in [5, 5.41) is 3.65. The fourth-order valence-corrected chi connectivity index (χ4v) is 3.13. The van der Waals surface area contributed by atoms with Gasteiger partial charge in [0.25, 0.3) is 0 Å². The van der Waals surface area contributed by atoms with Crippen molar-refractivity contribution >= 4 is 0 Å². The third-order valence-electron chi connectivity index (χ3n) is 4.14. The predicted molar refractivity (Wildman–Crippen MR) is 86.8 cm³/mol. The molecule has 1 aliphatic heterocycles. The summed E-state index contributed by atoms with van der Waals surface area (Å²) < 4.78 is 5.77. The van der Waals surface area contributed by atoms with Crippen LogP contribution in [0.3, 0.4) is 0 Å². The Labute approximate surface area is 127 Å². The zero-order valence-corrected chi connectivity index (χ0v) is 12.6. The highest BCUT2D eigenvalue weighted by Crippen LogP contribution is 2.38. The van der Waals surface area contributed by atoms with E-state index in [2.05, 4.69) is 60.8 Å². The van der Waals surface area contributed by atoms with Crippen molar-refractivity contribution in [2.75, 3.05) is 13.2 Å². The summed E-state index contributed by atoms with van der Waals surface area (Å²) in [5.74, 6) is 1.53. The third-order valence-corrected chi connectivity index (χ3v) is 4.14. The van der Waals surface area contributed by atoms with Gasteiger partial charge in [-0.05, 0) is 42.6 Å². The summed E-state index contributed by atoms with van der Waals surface area (Å²) in [6.07, 6.45) is 2.23. The van der Waals surface area contributed by atoms with Crippen LogP contribution in [-0.2, 0) is 0 Å². The molecule has 2 aromatic carbocycles. The lowest BCUT2D eigenvalue weighted by Gasteiger charge is -2.21. The lowest BCUT2D eigenvalue weighted by atomic mass is 9.88. The highest BCUT2D eigenvalue weighted by atomic mass is 16.5. The van der Waals surface area contributed by atoms with Gasteiger partial charge in [-0.1, -0.05) is 49.4 Å². The number of nitrogens with one attached hydrogen (secondary N) is 1. The molecule has 0 spiro atoms. The first-order valence-electron chi connectivity index (χ1n) is 7.89. The SMILES string of the molecule is CCCOc1cccc(C2NCCC2c2ccccc2)c1. The van der Waals surface area contributed by atoms with E-state index in [1.54, 1.807) is 0 Å². The molecule has 0 amide bonds. The highest BCUT2D eigenvalue weighted by Gasteiger charge is 2.29. The van der Waals surface area contributed by atoms with Crippen LogP contribution in [0.5, 0.6) is 5.75 Å². The average molecular weight is 281 g/mol. The first kappa shape index (κ1) is 14.2. The molecule has 3 rings (SSSR count). The van der Waals surface area contributed by atoms with E-state index in [9.17, 15) is 0 Å². The first-order valence-corrected chi connectivity index (χ1v) is 7.89. The number of hydrogen-bond acceptors (Lipinski definition) is 2. The van der Waals surface area contributed by atoms with Gasteiger partial charge in [0.1, 0.15) is 5.75 Å². The summed E-state index contributed by atoms with van der Waals surface area (Å²) in [6.45, 7) is 3.99. The predicted octanol–water partition coefficient (Wildman–Crippen LogP) is 4.29. The van der Waals surface area contributed by atoms with Gasteiger partial charge < -0.3 is 10.1 Å². The quantitative estimate of drug-likeness (QED) is 0.882. The molecule has 1 heterocycles. The van der Waals surface area contributed by atoms with E-state index in [0.29, 0.717) is 12.0 Å². The summed E-state index contributed by atoms with van der Waals surface area (Å²) in [4.78, 5) is 0. The second-order valence-corrected chi connectivity index (χ2v) is 5.66. The second kappa shape index (κ2) is 6.77. The molecule has 2 atom stereocenters. The van der Waals surface area contributed by atoms with Gasteiger partial charge in [-0.3, -0.25) is 0 Å². The van der Waals surface area contributed by atoms with Crippen LogP contribution >= 0.6 is 0 Å². The Bertz CT molecular complexity index is 567. The first-order chi connectivity index (χ1) is 10.4. The number of rotatable bonds is 5. The molecule has 1 saturated heterocycles. The van der Waals surface area contributed by atoms with Crippen LogP contribution in [0.15, 0.2) is 54.6 Å². The molecule has 2 heteroatoms. The molecule has 0 aliphatic carbocycles.